The molecule has 0 aliphatic carbocycles. The second kappa shape index (κ2) is 18.3. The molecule has 0 saturated heterocycles. The van der Waals surface area contributed by atoms with Crippen LogP contribution in [0.5, 0.6) is 0 Å². The van der Waals surface area contributed by atoms with E-state index in [1.165, 1.54) is 32.1 Å². The first-order chi connectivity index (χ1) is 18.8. The Bertz CT molecular complexity index is 1020. The van der Waals surface area contributed by atoms with E-state index >= 15 is 0 Å². The van der Waals surface area contributed by atoms with Gasteiger partial charge in [-0.1, -0.05) is 65.0 Å². The van der Waals surface area contributed by atoms with E-state index in [9.17, 15) is 9.59 Å². The number of hydrogen-bond donors (Lipinski definition) is 2. The first kappa shape index (κ1) is 32.2. The summed E-state index contributed by atoms with van der Waals surface area (Å²) in [6.45, 7) is 6.82. The Hall–Kier alpha value is -3.01. The summed E-state index contributed by atoms with van der Waals surface area (Å²) in [4.78, 5) is 37.2. The molecule has 0 radical (unpaired) electrons. The summed E-state index contributed by atoms with van der Waals surface area (Å²) in [5.41, 5.74) is 12.9. The molecule has 0 bridgehead atoms. The molecule has 2 atom stereocenters. The van der Waals surface area contributed by atoms with Gasteiger partial charge in [-0.05, 0) is 38.0 Å². The number of imidazole rings is 1. The van der Waals surface area contributed by atoms with Crippen molar-refractivity contribution in [2.75, 3.05) is 18.9 Å². The van der Waals surface area contributed by atoms with Crippen molar-refractivity contribution in [3.05, 3.63) is 24.7 Å². The predicted molar refractivity (Wildman–Crippen MR) is 154 cm³/mol. The molecule has 4 N–H and O–H groups in total. The Morgan fingerprint density at radius 1 is 1.03 bits per heavy atom. The first-order valence-electron chi connectivity index (χ1n) is 14.5. The average molecular weight is 545 g/mol. The lowest BCUT2D eigenvalue weighted by Gasteiger charge is -2.19. The highest BCUT2D eigenvalue weighted by Crippen LogP contribution is 2.16. The highest BCUT2D eigenvalue weighted by Gasteiger charge is 2.21. The van der Waals surface area contributed by atoms with Gasteiger partial charge in [-0.15, -0.1) is 0 Å². The van der Waals surface area contributed by atoms with Crippen LogP contribution in [-0.2, 0) is 25.6 Å². The number of unbranched alkanes of at least 4 members (excludes halogenated alkanes) is 7. The van der Waals surface area contributed by atoms with Gasteiger partial charge in [0.2, 0.25) is 5.95 Å². The Balaban J connectivity index is 1.78. The van der Waals surface area contributed by atoms with E-state index in [0.717, 1.165) is 25.7 Å². The van der Waals surface area contributed by atoms with Crippen LogP contribution < -0.4 is 11.5 Å². The Labute approximate surface area is 232 Å². The normalized spacial score (nSPS) is 13.3. The molecule has 0 unspecified atom stereocenters. The average Bonchev–Trinajstić information content (AvgIpc) is 3.31. The molecule has 0 saturated carbocycles. The summed E-state index contributed by atoms with van der Waals surface area (Å²) < 4.78 is 12.9. The molecular weight excluding hydrogens is 496 g/mol. The van der Waals surface area contributed by atoms with Crippen LogP contribution >= 0.6 is 0 Å². The lowest BCUT2D eigenvalue weighted by molar-refractivity contribution is -0.149. The number of rotatable bonds is 20. The molecule has 0 spiro atoms. The standard InChI is InChI=1S/C29H48N6O4/c1-4-5-6-7-8-9-10-11-12-13-14-15-25(36)39-20-23(16-17-38-28(37)26(30)22(2)3)19-35-21-33-24-18-32-29(31)34-27(24)35/h7-8,18,21-23,26H,4-6,9-17,19-20,30H2,1-3H3,(H2,31,32,34)/b8-7+/t23-,26+/m1/s1. The molecule has 2 heterocycles. The number of anilines is 1. The van der Waals surface area contributed by atoms with E-state index in [2.05, 4.69) is 34.0 Å². The summed E-state index contributed by atoms with van der Waals surface area (Å²) in [6, 6.07) is -0.666. The third-order valence-electron chi connectivity index (χ3n) is 6.72. The Morgan fingerprint density at radius 3 is 2.49 bits per heavy atom. The highest BCUT2D eigenvalue weighted by atomic mass is 16.5. The molecule has 2 aromatic heterocycles. The maximum Gasteiger partial charge on any atom is 0.323 e. The molecular formula is C29H48N6O4. The van der Waals surface area contributed by atoms with Crippen molar-refractivity contribution in [3.63, 3.8) is 0 Å². The van der Waals surface area contributed by atoms with Crippen LogP contribution in [0.3, 0.4) is 0 Å². The summed E-state index contributed by atoms with van der Waals surface area (Å²) in [7, 11) is 0. The van der Waals surface area contributed by atoms with Gasteiger partial charge in [0.15, 0.2) is 5.65 Å². The SMILES string of the molecule is CCCC/C=C/CCCCCCCC(=O)OC[C@H](CCOC(=O)[C@@H](N)C(C)C)Cn1cnc2cnc(N)nc21. The van der Waals surface area contributed by atoms with E-state index in [-0.39, 0.29) is 37.0 Å². The summed E-state index contributed by atoms with van der Waals surface area (Å²) in [5.74, 6) is -0.603. The minimum absolute atomic E-state index is 0.0101. The van der Waals surface area contributed by atoms with E-state index in [1.54, 1.807) is 12.5 Å². The van der Waals surface area contributed by atoms with Gasteiger partial charge < -0.3 is 25.5 Å². The molecule has 39 heavy (non-hydrogen) atoms. The number of nitrogens with zero attached hydrogens (tertiary/aromatic N) is 4. The van der Waals surface area contributed by atoms with E-state index in [4.69, 9.17) is 20.9 Å². The maximum absolute atomic E-state index is 12.4. The number of allylic oxidation sites excluding steroid dienone is 2. The minimum atomic E-state index is -0.666. The molecule has 0 aliphatic rings. The number of carbonyl (C=O) groups is 2. The number of hydrogen-bond acceptors (Lipinski definition) is 9. The first-order valence-corrected chi connectivity index (χ1v) is 14.5. The maximum atomic E-state index is 12.4. The van der Waals surface area contributed by atoms with Crippen molar-refractivity contribution in [2.24, 2.45) is 17.6 Å². The van der Waals surface area contributed by atoms with Gasteiger partial charge >= 0.3 is 11.9 Å². The van der Waals surface area contributed by atoms with Crippen molar-refractivity contribution in [1.29, 1.82) is 0 Å². The minimum Gasteiger partial charge on any atom is -0.465 e. The topological polar surface area (TPSA) is 148 Å². The molecule has 0 aromatic carbocycles. The highest BCUT2D eigenvalue weighted by molar-refractivity contribution is 5.75. The third kappa shape index (κ3) is 12.6. The van der Waals surface area contributed by atoms with Crippen molar-refractivity contribution in [3.8, 4) is 0 Å². The van der Waals surface area contributed by atoms with Gasteiger partial charge in [-0.25, -0.2) is 9.97 Å². The number of carbonyl (C=O) groups excluding carboxylic acids is 2. The zero-order chi connectivity index (χ0) is 28.5. The Kier molecular flexibility index (Phi) is 15.1. The summed E-state index contributed by atoms with van der Waals surface area (Å²) >= 11 is 0. The van der Waals surface area contributed by atoms with E-state index in [0.29, 0.717) is 30.6 Å². The number of aromatic nitrogens is 4. The van der Waals surface area contributed by atoms with Gasteiger partial charge in [0.1, 0.15) is 11.6 Å². The lowest BCUT2D eigenvalue weighted by atomic mass is 10.1. The zero-order valence-electron chi connectivity index (χ0n) is 24.0. The van der Waals surface area contributed by atoms with Crippen molar-refractivity contribution in [1.82, 2.24) is 19.5 Å². The summed E-state index contributed by atoms with van der Waals surface area (Å²) in [5, 5.41) is 0. The summed E-state index contributed by atoms with van der Waals surface area (Å²) in [6.07, 6.45) is 18.9. The molecule has 0 amide bonds. The molecule has 0 fully saturated rings. The van der Waals surface area contributed by atoms with Crippen molar-refractivity contribution in [2.45, 2.75) is 104 Å². The molecule has 10 heteroatoms. The predicted octanol–water partition coefficient (Wildman–Crippen LogP) is 4.96. The van der Waals surface area contributed by atoms with Crippen LogP contribution in [0, 0.1) is 11.8 Å². The second-order valence-electron chi connectivity index (χ2n) is 10.5. The van der Waals surface area contributed by atoms with Gasteiger partial charge in [-0.2, -0.15) is 4.98 Å². The largest absolute Gasteiger partial charge is 0.465 e. The van der Waals surface area contributed by atoms with Crippen LogP contribution in [0.25, 0.3) is 11.2 Å². The van der Waals surface area contributed by atoms with Crippen LogP contribution in [0.15, 0.2) is 24.7 Å². The fourth-order valence-electron chi connectivity index (χ4n) is 4.10. The monoisotopic (exact) mass is 544 g/mol. The van der Waals surface area contributed by atoms with Gasteiger partial charge in [0, 0.05) is 18.9 Å². The quantitative estimate of drug-likeness (QED) is 0.134. The number of nitrogen functional groups attached to an aromatic ring is 1. The molecule has 2 rings (SSSR count). The fraction of sp³-hybridized carbons (Fsp3) is 0.690. The van der Waals surface area contributed by atoms with Crippen molar-refractivity contribution < 1.29 is 19.1 Å². The molecule has 0 aliphatic heterocycles. The van der Waals surface area contributed by atoms with Gasteiger partial charge in [0.25, 0.3) is 0 Å². The number of ether oxygens (including phenoxy) is 2. The molecule has 10 nitrogen and oxygen atoms in total. The molecule has 218 valence electrons. The van der Waals surface area contributed by atoms with Crippen LogP contribution in [0.4, 0.5) is 5.95 Å². The van der Waals surface area contributed by atoms with Crippen molar-refractivity contribution >= 4 is 29.1 Å². The third-order valence-corrected chi connectivity index (χ3v) is 6.72. The van der Waals surface area contributed by atoms with E-state index in [1.807, 2.05) is 18.4 Å². The smallest absolute Gasteiger partial charge is 0.323 e. The Morgan fingerprint density at radius 2 is 1.74 bits per heavy atom. The number of esters is 2. The van der Waals surface area contributed by atoms with E-state index < -0.39 is 12.0 Å². The second-order valence-corrected chi connectivity index (χ2v) is 10.5. The van der Waals surface area contributed by atoms with Crippen LogP contribution in [-0.4, -0.2) is 50.7 Å². The zero-order valence-corrected chi connectivity index (χ0v) is 24.0. The van der Waals surface area contributed by atoms with Gasteiger partial charge in [-0.3, -0.25) is 9.59 Å². The fourth-order valence-corrected chi connectivity index (χ4v) is 4.10. The molecule has 2 aromatic rings. The number of nitrogens with two attached hydrogens (primary N) is 2. The number of fused-ring (bicyclic) bond motifs is 1. The van der Waals surface area contributed by atoms with Crippen LogP contribution in [0.2, 0.25) is 0 Å². The van der Waals surface area contributed by atoms with Gasteiger partial charge in [0.05, 0.1) is 25.7 Å². The lowest BCUT2D eigenvalue weighted by Crippen LogP contribution is -2.37. The van der Waals surface area contributed by atoms with Crippen LogP contribution in [0.1, 0.15) is 91.4 Å².